The first-order valence-corrected chi connectivity index (χ1v) is 21.0. The molecule has 6 nitrogen and oxygen atoms in total. The largest absolute Gasteiger partial charge is 0.462 e. The molecule has 0 fully saturated rings. The van der Waals surface area contributed by atoms with E-state index in [1.54, 1.807) is 0 Å². The van der Waals surface area contributed by atoms with Crippen LogP contribution in [0.15, 0.2) is 12.1 Å². The van der Waals surface area contributed by atoms with E-state index in [0.717, 1.165) is 50.7 Å². The first-order chi connectivity index (χ1) is 24.3. The van der Waals surface area contributed by atoms with Gasteiger partial charge in [0.1, 0.15) is 0 Å². The Labute approximate surface area is 314 Å². The number of esters is 2. The lowest BCUT2D eigenvalue weighted by atomic mass is 9.99. The standard InChI is InChI=1S/C42H68Cl2O6/c1-3-5-7-9-11-13-15-17-19-21-23-25-27-29-31-49-41(47)37-34-38(36(40(44)46)33-35(37)39(43)45)42(48)50-32-30-28-26-24-22-20-18-16-14-12-10-8-6-4-2/h33-34H,3-32H2,1-2H3. The lowest BCUT2D eigenvalue weighted by Crippen LogP contribution is -2.17. The number of hydrogen-bond donors (Lipinski definition) is 0. The Hall–Kier alpha value is -1.92. The summed E-state index contributed by atoms with van der Waals surface area (Å²) in [4.78, 5) is 50.2. The van der Waals surface area contributed by atoms with Crippen LogP contribution in [0.4, 0.5) is 0 Å². The highest BCUT2D eigenvalue weighted by Gasteiger charge is 2.26. The van der Waals surface area contributed by atoms with E-state index in [1.807, 2.05) is 0 Å². The Morgan fingerprint density at radius 3 is 0.840 bits per heavy atom. The zero-order valence-electron chi connectivity index (χ0n) is 31.6. The minimum Gasteiger partial charge on any atom is -0.462 e. The van der Waals surface area contributed by atoms with Crippen LogP contribution in [-0.2, 0) is 9.47 Å². The Bertz CT molecular complexity index is 993. The van der Waals surface area contributed by atoms with Crippen LogP contribution in [0.1, 0.15) is 235 Å². The number of carbonyl (C=O) groups is 4. The van der Waals surface area contributed by atoms with Gasteiger partial charge in [0.2, 0.25) is 0 Å². The van der Waals surface area contributed by atoms with Crippen molar-refractivity contribution in [1.82, 2.24) is 0 Å². The van der Waals surface area contributed by atoms with Gasteiger partial charge >= 0.3 is 11.9 Å². The van der Waals surface area contributed by atoms with Gasteiger partial charge in [0.15, 0.2) is 0 Å². The number of carbonyl (C=O) groups excluding carboxylic acids is 4. The normalized spacial score (nSPS) is 11.1. The number of hydrogen-bond acceptors (Lipinski definition) is 6. The summed E-state index contributed by atoms with van der Waals surface area (Å²) in [6.07, 6.45) is 34.1. The fourth-order valence-electron chi connectivity index (χ4n) is 6.34. The Morgan fingerprint density at radius 2 is 0.600 bits per heavy atom. The summed E-state index contributed by atoms with van der Waals surface area (Å²) in [6, 6.07) is 2.23. The van der Waals surface area contributed by atoms with E-state index in [0.29, 0.717) is 12.8 Å². The summed E-state index contributed by atoms with van der Waals surface area (Å²) >= 11 is 11.5. The molecule has 0 aliphatic rings. The third-order valence-electron chi connectivity index (χ3n) is 9.48. The van der Waals surface area contributed by atoms with Crippen LogP contribution in [0.25, 0.3) is 0 Å². The van der Waals surface area contributed by atoms with Gasteiger partial charge in [0.25, 0.3) is 10.5 Å². The maximum absolute atomic E-state index is 13.0. The van der Waals surface area contributed by atoms with Crippen LogP contribution in [0.5, 0.6) is 0 Å². The Kier molecular flexibility index (Phi) is 29.3. The van der Waals surface area contributed by atoms with E-state index in [2.05, 4.69) is 13.8 Å². The van der Waals surface area contributed by atoms with Gasteiger partial charge in [-0.15, -0.1) is 0 Å². The summed E-state index contributed by atoms with van der Waals surface area (Å²) < 4.78 is 10.9. The molecule has 1 aromatic carbocycles. The molecule has 0 aromatic heterocycles. The monoisotopic (exact) mass is 738 g/mol. The van der Waals surface area contributed by atoms with Crippen LogP contribution in [-0.4, -0.2) is 35.6 Å². The number of unbranched alkanes of at least 4 members (excludes halogenated alkanes) is 26. The maximum Gasteiger partial charge on any atom is 0.338 e. The van der Waals surface area contributed by atoms with Gasteiger partial charge in [-0.25, -0.2) is 9.59 Å². The smallest absolute Gasteiger partial charge is 0.338 e. The third-order valence-corrected chi connectivity index (χ3v) is 9.89. The van der Waals surface area contributed by atoms with Crippen molar-refractivity contribution < 1.29 is 28.7 Å². The summed E-state index contributed by atoms with van der Waals surface area (Å²) in [5.74, 6) is -1.56. The summed E-state index contributed by atoms with van der Waals surface area (Å²) in [5, 5.41) is -1.90. The second-order valence-corrected chi connectivity index (χ2v) is 14.6. The van der Waals surface area contributed by atoms with Gasteiger partial charge in [-0.1, -0.05) is 181 Å². The molecule has 0 spiro atoms. The predicted octanol–water partition coefficient (Wildman–Crippen LogP) is 13.7. The molecule has 0 bridgehead atoms. The van der Waals surface area contributed by atoms with Crippen LogP contribution in [0.2, 0.25) is 0 Å². The maximum atomic E-state index is 13.0. The van der Waals surface area contributed by atoms with Crippen molar-refractivity contribution in [3.05, 3.63) is 34.4 Å². The second-order valence-electron chi connectivity index (χ2n) is 14.0. The molecule has 286 valence electrons. The van der Waals surface area contributed by atoms with Crippen molar-refractivity contribution >= 4 is 45.6 Å². The van der Waals surface area contributed by atoms with Crippen LogP contribution < -0.4 is 0 Å². The van der Waals surface area contributed by atoms with Crippen molar-refractivity contribution in [3.8, 4) is 0 Å². The molecular weight excluding hydrogens is 671 g/mol. The zero-order chi connectivity index (χ0) is 36.7. The molecule has 0 aliphatic heterocycles. The number of benzene rings is 1. The van der Waals surface area contributed by atoms with Gasteiger partial charge in [-0.3, -0.25) is 9.59 Å². The van der Waals surface area contributed by atoms with Gasteiger partial charge < -0.3 is 9.47 Å². The van der Waals surface area contributed by atoms with Gasteiger partial charge in [-0.2, -0.15) is 0 Å². The van der Waals surface area contributed by atoms with E-state index in [4.69, 9.17) is 32.7 Å². The molecule has 0 aliphatic carbocycles. The fourth-order valence-corrected chi connectivity index (χ4v) is 6.65. The SMILES string of the molecule is CCCCCCCCCCCCCCCCOC(=O)c1cc(C(=O)OCCCCCCCCCCCCCCCC)c(C(=O)Cl)cc1C(=O)Cl. The highest BCUT2D eigenvalue weighted by molar-refractivity contribution is 6.69. The Balaban J connectivity index is 2.38. The molecule has 0 heterocycles. The molecule has 0 saturated heterocycles. The minimum atomic E-state index is -0.949. The molecule has 0 unspecified atom stereocenters. The topological polar surface area (TPSA) is 86.7 Å². The molecule has 0 saturated carbocycles. The molecule has 8 heteroatoms. The molecule has 1 rings (SSSR count). The number of ether oxygens (including phenoxy) is 2. The lowest BCUT2D eigenvalue weighted by molar-refractivity contribution is 0.0492. The Morgan fingerprint density at radius 1 is 0.380 bits per heavy atom. The summed E-state index contributed by atoms with van der Waals surface area (Å²) in [6.45, 7) is 4.86. The highest BCUT2D eigenvalue weighted by Crippen LogP contribution is 2.24. The molecule has 0 amide bonds. The molecule has 0 radical (unpaired) electrons. The quantitative estimate of drug-likeness (QED) is 0.0397. The lowest BCUT2D eigenvalue weighted by Gasteiger charge is -2.13. The van der Waals surface area contributed by atoms with Crippen LogP contribution >= 0.6 is 23.2 Å². The molecule has 50 heavy (non-hydrogen) atoms. The average molecular weight is 740 g/mol. The molecule has 0 N–H and O–H groups in total. The van der Waals surface area contributed by atoms with E-state index in [1.165, 1.54) is 128 Å². The highest BCUT2D eigenvalue weighted by atomic mass is 35.5. The van der Waals surface area contributed by atoms with E-state index in [-0.39, 0.29) is 35.5 Å². The fraction of sp³-hybridized carbons (Fsp3) is 0.762. The van der Waals surface area contributed by atoms with E-state index in [9.17, 15) is 19.2 Å². The van der Waals surface area contributed by atoms with Crippen LogP contribution in [0.3, 0.4) is 0 Å². The molecular formula is C42H68Cl2O6. The van der Waals surface area contributed by atoms with E-state index >= 15 is 0 Å². The number of rotatable bonds is 34. The van der Waals surface area contributed by atoms with E-state index < -0.39 is 22.4 Å². The second kappa shape index (κ2) is 31.8. The molecule has 1 aromatic rings. The van der Waals surface area contributed by atoms with Crippen molar-refractivity contribution in [1.29, 1.82) is 0 Å². The first-order valence-electron chi connectivity index (χ1n) is 20.2. The first kappa shape index (κ1) is 46.1. The van der Waals surface area contributed by atoms with Gasteiger partial charge in [-0.05, 0) is 48.2 Å². The predicted molar refractivity (Wildman–Crippen MR) is 208 cm³/mol. The van der Waals surface area contributed by atoms with Gasteiger partial charge in [0, 0.05) is 11.1 Å². The summed E-state index contributed by atoms with van der Waals surface area (Å²) in [5.41, 5.74) is -0.823. The van der Waals surface area contributed by atoms with Crippen molar-refractivity contribution in [3.63, 3.8) is 0 Å². The summed E-state index contributed by atoms with van der Waals surface area (Å²) in [7, 11) is 0. The van der Waals surface area contributed by atoms with Crippen molar-refractivity contribution in [2.45, 2.75) is 194 Å². The van der Waals surface area contributed by atoms with Crippen molar-refractivity contribution in [2.24, 2.45) is 0 Å². The third kappa shape index (κ3) is 22.8. The zero-order valence-corrected chi connectivity index (χ0v) is 33.1. The average Bonchev–Trinajstić information content (AvgIpc) is 3.10. The van der Waals surface area contributed by atoms with Crippen molar-refractivity contribution in [2.75, 3.05) is 13.2 Å². The molecule has 0 atom stereocenters. The van der Waals surface area contributed by atoms with Crippen LogP contribution in [0, 0.1) is 0 Å². The number of halogens is 2. The van der Waals surface area contributed by atoms with Gasteiger partial charge in [0.05, 0.1) is 24.3 Å². The minimum absolute atomic E-state index is 0.180.